The van der Waals surface area contributed by atoms with Gasteiger partial charge in [0.25, 0.3) is 5.91 Å². The number of likely N-dealkylation sites (N-methyl/N-ethyl adjacent to an activating group) is 1. The Morgan fingerprint density at radius 2 is 1.60 bits per heavy atom. The first-order valence-corrected chi connectivity index (χ1v) is 15.5. The number of para-hydroxylation sites is 1. The molecule has 12 heteroatoms. The molecule has 0 saturated carbocycles. The fourth-order valence-electron chi connectivity index (χ4n) is 7.56. The van der Waals surface area contributed by atoms with Gasteiger partial charge in [-0.3, -0.25) is 14.6 Å². The predicted octanol–water partition coefficient (Wildman–Crippen LogP) is 2.95. The number of benzene rings is 2. The smallest absolute Gasteiger partial charge is 0.587 e. The first kappa shape index (κ1) is 30.5. The van der Waals surface area contributed by atoms with E-state index < -0.39 is 48.5 Å². The number of carbonyl (C=O) groups excluding carboxylic acids is 4. The minimum absolute atomic E-state index is 0.000975. The Morgan fingerprint density at radius 1 is 0.978 bits per heavy atom. The van der Waals surface area contributed by atoms with Gasteiger partial charge in [-0.05, 0) is 42.3 Å². The van der Waals surface area contributed by atoms with E-state index in [2.05, 4.69) is 15.3 Å². The lowest BCUT2D eigenvalue weighted by Gasteiger charge is -2.54. The number of nitrogens with zero attached hydrogens (tertiary/aromatic N) is 4. The largest absolute Gasteiger partial charge is 0.600 e. The summed E-state index contributed by atoms with van der Waals surface area (Å²) in [6.45, 7) is 2.20. The highest BCUT2D eigenvalue weighted by Gasteiger charge is 2.77. The molecule has 11 nitrogen and oxygen atoms in total. The van der Waals surface area contributed by atoms with E-state index >= 15 is 0 Å². The van der Waals surface area contributed by atoms with Crippen LogP contribution in [0.2, 0.25) is 5.82 Å². The van der Waals surface area contributed by atoms with Gasteiger partial charge in [0.15, 0.2) is 17.9 Å². The molecule has 3 aromatic rings. The molecule has 4 atom stereocenters. The quantitative estimate of drug-likeness (QED) is 0.326. The second kappa shape index (κ2) is 12.1. The van der Waals surface area contributed by atoms with Gasteiger partial charge in [-0.25, -0.2) is 14.6 Å². The van der Waals surface area contributed by atoms with Gasteiger partial charge in [0.1, 0.15) is 5.69 Å². The van der Waals surface area contributed by atoms with E-state index in [9.17, 15) is 19.2 Å². The molecular formula is C33H38BN5O6. The summed E-state index contributed by atoms with van der Waals surface area (Å²) in [5.41, 5.74) is 1.88. The molecule has 0 bridgehead atoms. The van der Waals surface area contributed by atoms with Crippen molar-refractivity contribution in [3.8, 4) is 0 Å². The molecule has 0 unspecified atom stereocenters. The van der Waals surface area contributed by atoms with E-state index in [4.69, 9.17) is 9.31 Å². The number of ketones is 1. The SMILES string of the molecule is CC(C)C[C@H](CC(=O)[C@H](Cc1ccccc1)NC(=O)c1cnccn1)[B-]12OC(=O)[C@@H]3CN(c4ccccc4)C[C@@H](C(=O)O1)[N+]32C. The van der Waals surface area contributed by atoms with Gasteiger partial charge in [-0.2, -0.15) is 0 Å². The summed E-state index contributed by atoms with van der Waals surface area (Å²) in [5.74, 6) is -2.08. The molecule has 45 heavy (non-hydrogen) atoms. The van der Waals surface area contributed by atoms with E-state index in [-0.39, 0.29) is 34.6 Å². The molecule has 0 radical (unpaired) electrons. The minimum atomic E-state index is -2.58. The average molecular weight is 612 g/mol. The van der Waals surface area contributed by atoms with Crippen LogP contribution in [0, 0.1) is 5.92 Å². The van der Waals surface area contributed by atoms with Crippen LogP contribution in [0.4, 0.5) is 5.69 Å². The molecule has 0 spiro atoms. The van der Waals surface area contributed by atoms with Crippen LogP contribution in [0.3, 0.4) is 0 Å². The van der Waals surface area contributed by atoms with Crippen LogP contribution in [0.25, 0.3) is 0 Å². The molecule has 3 aliphatic heterocycles. The van der Waals surface area contributed by atoms with Gasteiger partial charge in [0.05, 0.1) is 25.3 Å². The summed E-state index contributed by atoms with van der Waals surface area (Å²) in [7, 11) is 1.88. The average Bonchev–Trinajstić information content (AvgIpc) is 3.40. The fraction of sp³-hybridized carbons (Fsp3) is 0.394. The van der Waals surface area contributed by atoms with Crippen LogP contribution in [0.15, 0.2) is 79.3 Å². The van der Waals surface area contributed by atoms with Crippen molar-refractivity contribution >= 4 is 36.0 Å². The maximum absolute atomic E-state index is 14.3. The van der Waals surface area contributed by atoms with Crippen LogP contribution >= 0.6 is 0 Å². The highest BCUT2D eigenvalue weighted by Crippen LogP contribution is 2.53. The third-order valence-electron chi connectivity index (χ3n) is 9.75. The highest BCUT2D eigenvalue weighted by atomic mass is 16.7. The Labute approximate surface area is 262 Å². The maximum Gasteiger partial charge on any atom is 0.587 e. The number of hydrogen-bond acceptors (Lipinski definition) is 9. The van der Waals surface area contributed by atoms with Crippen LogP contribution < -0.4 is 10.2 Å². The molecule has 0 aliphatic carbocycles. The Bertz CT molecular complexity index is 1550. The van der Waals surface area contributed by atoms with Crippen molar-refractivity contribution in [3.05, 3.63) is 90.5 Å². The Morgan fingerprint density at radius 3 is 2.18 bits per heavy atom. The standard InChI is InChI=1S/C33H38BN5O6/c1-22(2)16-24(18-30(40)26(17-23-10-6-4-7-11-23)37-31(41)27-19-35-14-15-36-27)34-39(3)28(32(42)44-34)20-38(21-29(39)33(43)45-34)25-12-8-5-9-13-25/h4-15,19,22,24,26,28-29H,16-18,20-21H2,1-3H3,(H,37,41)/t24-,26+,28+,29+,34?,39?/m1/s1. The third-order valence-corrected chi connectivity index (χ3v) is 9.75. The maximum atomic E-state index is 14.3. The van der Waals surface area contributed by atoms with Gasteiger partial charge in [-0.1, -0.05) is 68.8 Å². The van der Waals surface area contributed by atoms with Crippen LogP contribution in [-0.2, 0) is 30.1 Å². The second-order valence-electron chi connectivity index (χ2n) is 13.0. The molecule has 1 amide bonds. The molecule has 3 aliphatic rings. The summed E-state index contributed by atoms with van der Waals surface area (Å²) in [5, 5.41) is 2.87. The number of carbonyl (C=O) groups is 4. The number of aromatic nitrogens is 2. The number of Topliss-reactive ketones (excluding diaryl/α,β-unsaturated/α-hetero) is 1. The molecule has 4 heterocycles. The molecule has 6 rings (SSSR count). The summed E-state index contributed by atoms with van der Waals surface area (Å²) >= 11 is 0. The fourth-order valence-corrected chi connectivity index (χ4v) is 7.56. The lowest BCUT2D eigenvalue weighted by Crippen LogP contribution is -2.75. The zero-order valence-corrected chi connectivity index (χ0v) is 25.7. The Balaban J connectivity index is 1.32. The van der Waals surface area contributed by atoms with E-state index in [1.165, 1.54) is 18.6 Å². The van der Waals surface area contributed by atoms with Gasteiger partial charge in [0.2, 0.25) is 0 Å². The Kier molecular flexibility index (Phi) is 8.17. The summed E-state index contributed by atoms with van der Waals surface area (Å²) < 4.78 is 12.5. The van der Waals surface area contributed by atoms with Crippen molar-refractivity contribution in [2.75, 3.05) is 25.0 Å². The lowest BCUT2D eigenvalue weighted by molar-refractivity contribution is -0.845. The van der Waals surface area contributed by atoms with Crippen molar-refractivity contribution in [2.45, 2.75) is 57.1 Å². The van der Waals surface area contributed by atoms with Crippen molar-refractivity contribution in [1.82, 2.24) is 15.3 Å². The van der Waals surface area contributed by atoms with Gasteiger partial charge in [0, 0.05) is 25.1 Å². The van der Waals surface area contributed by atoms with Gasteiger partial charge >= 0.3 is 18.6 Å². The number of hydrogen-bond donors (Lipinski definition) is 1. The molecule has 3 fully saturated rings. The number of rotatable bonds is 11. The van der Waals surface area contributed by atoms with E-state index in [1.54, 1.807) is 0 Å². The second-order valence-corrected chi connectivity index (χ2v) is 13.0. The molecule has 2 aromatic carbocycles. The number of anilines is 1. The minimum Gasteiger partial charge on any atom is -0.600 e. The zero-order valence-electron chi connectivity index (χ0n) is 25.7. The molecular weight excluding hydrogens is 573 g/mol. The van der Waals surface area contributed by atoms with Crippen molar-refractivity contribution in [2.24, 2.45) is 5.92 Å². The van der Waals surface area contributed by atoms with Crippen LogP contribution in [-0.4, -0.2) is 82.9 Å². The van der Waals surface area contributed by atoms with E-state index in [0.717, 1.165) is 11.3 Å². The first-order chi connectivity index (χ1) is 21.6. The topological polar surface area (TPSA) is 128 Å². The molecule has 1 N–H and O–H groups in total. The lowest BCUT2D eigenvalue weighted by atomic mass is 9.51. The molecule has 1 aromatic heterocycles. The Hall–Kier alpha value is -4.58. The number of piperazine rings is 1. The zero-order chi connectivity index (χ0) is 31.8. The highest BCUT2D eigenvalue weighted by molar-refractivity contribution is 6.68. The summed E-state index contributed by atoms with van der Waals surface area (Å²) in [4.78, 5) is 64.8. The monoisotopic (exact) mass is 611 g/mol. The predicted molar refractivity (Wildman–Crippen MR) is 167 cm³/mol. The molecule has 3 saturated heterocycles. The first-order valence-electron chi connectivity index (χ1n) is 15.5. The van der Waals surface area contributed by atoms with Gasteiger partial charge < -0.3 is 23.9 Å². The van der Waals surface area contributed by atoms with Crippen LogP contribution in [0.5, 0.6) is 0 Å². The van der Waals surface area contributed by atoms with E-state index in [0.29, 0.717) is 19.5 Å². The van der Waals surface area contributed by atoms with Crippen LogP contribution in [0.1, 0.15) is 42.7 Å². The normalized spacial score (nSPS) is 26.5. The van der Waals surface area contributed by atoms with Crippen molar-refractivity contribution in [3.63, 3.8) is 0 Å². The van der Waals surface area contributed by atoms with Crippen molar-refractivity contribution in [1.29, 1.82) is 0 Å². The van der Waals surface area contributed by atoms with Crippen molar-refractivity contribution < 1.29 is 32.9 Å². The number of quaternary nitrogens is 1. The van der Waals surface area contributed by atoms with E-state index in [1.807, 2.05) is 86.5 Å². The summed E-state index contributed by atoms with van der Waals surface area (Å²) in [6.07, 6.45) is 4.92. The number of amides is 1. The molecule has 234 valence electrons. The summed E-state index contributed by atoms with van der Waals surface area (Å²) in [6, 6.07) is 16.9. The number of nitrogens with one attached hydrogen (secondary N) is 1. The third kappa shape index (κ3) is 5.48. The van der Waals surface area contributed by atoms with Gasteiger partial charge in [-0.15, -0.1) is 0 Å².